The van der Waals surface area contributed by atoms with Gasteiger partial charge in [-0.1, -0.05) is 48.2 Å². The number of imidazole rings is 1. The molecule has 0 atom stereocenters. The molecule has 3 heterocycles. The van der Waals surface area contributed by atoms with Crippen LogP contribution < -0.4 is 0 Å². The van der Waals surface area contributed by atoms with Crippen molar-refractivity contribution in [1.29, 1.82) is 0 Å². The zero-order valence-electron chi connectivity index (χ0n) is 13.0. The van der Waals surface area contributed by atoms with Crippen LogP contribution in [0.2, 0.25) is 0 Å². The van der Waals surface area contributed by atoms with Crippen LogP contribution in [0.15, 0.2) is 70.6 Å². The van der Waals surface area contributed by atoms with Crippen molar-refractivity contribution in [2.24, 2.45) is 0 Å². The van der Waals surface area contributed by atoms with E-state index in [0.717, 1.165) is 29.9 Å². The van der Waals surface area contributed by atoms with Crippen molar-refractivity contribution in [1.82, 2.24) is 19.6 Å². The Morgan fingerprint density at radius 3 is 2.75 bits per heavy atom. The van der Waals surface area contributed by atoms with Crippen molar-refractivity contribution >= 4 is 17.4 Å². The minimum atomic E-state index is 0.601. The maximum atomic E-state index is 5.73. The third kappa shape index (κ3) is 3.33. The molecule has 0 fully saturated rings. The van der Waals surface area contributed by atoms with Crippen LogP contribution in [0.3, 0.4) is 0 Å². The first kappa shape index (κ1) is 15.0. The van der Waals surface area contributed by atoms with Gasteiger partial charge in [0, 0.05) is 18.4 Å². The van der Waals surface area contributed by atoms with Crippen molar-refractivity contribution in [3.63, 3.8) is 0 Å². The second-order valence-electron chi connectivity index (χ2n) is 5.41. The molecule has 0 aliphatic rings. The molecule has 4 rings (SSSR count). The SMILES string of the molecule is c1ccc(CCc2nnc(SCc3cnc4ccccn34)o2)cc1. The van der Waals surface area contributed by atoms with Crippen molar-refractivity contribution in [3.05, 3.63) is 78.1 Å². The van der Waals surface area contributed by atoms with E-state index >= 15 is 0 Å². The maximum absolute atomic E-state index is 5.73. The molecule has 6 heteroatoms. The largest absolute Gasteiger partial charge is 0.416 e. The summed E-state index contributed by atoms with van der Waals surface area (Å²) in [6.07, 6.45) is 5.56. The lowest BCUT2D eigenvalue weighted by molar-refractivity contribution is 0.412. The molecule has 5 nitrogen and oxygen atoms in total. The highest BCUT2D eigenvalue weighted by Gasteiger charge is 2.09. The molecule has 0 bridgehead atoms. The number of thioether (sulfide) groups is 1. The van der Waals surface area contributed by atoms with Gasteiger partial charge in [-0.05, 0) is 24.1 Å². The molecule has 0 saturated carbocycles. The fourth-order valence-corrected chi connectivity index (χ4v) is 3.26. The summed E-state index contributed by atoms with van der Waals surface area (Å²) < 4.78 is 7.80. The topological polar surface area (TPSA) is 56.2 Å². The minimum absolute atomic E-state index is 0.601. The van der Waals surface area contributed by atoms with Gasteiger partial charge in [0.1, 0.15) is 5.65 Å². The van der Waals surface area contributed by atoms with Crippen LogP contribution in [0, 0.1) is 0 Å². The average Bonchev–Trinajstić information content (AvgIpc) is 3.26. The standard InChI is InChI=1S/C18H16N4OS/c1-2-6-14(7-3-1)9-10-17-20-21-18(23-17)24-13-15-12-19-16-8-4-5-11-22(15)16/h1-8,11-12H,9-10,13H2. The zero-order valence-corrected chi connectivity index (χ0v) is 13.8. The number of pyridine rings is 1. The molecule has 0 spiro atoms. The lowest BCUT2D eigenvalue weighted by atomic mass is 10.1. The number of hydrogen-bond donors (Lipinski definition) is 0. The van der Waals surface area contributed by atoms with Crippen LogP contribution >= 0.6 is 11.8 Å². The van der Waals surface area contributed by atoms with Crippen molar-refractivity contribution in [2.75, 3.05) is 0 Å². The third-order valence-electron chi connectivity index (χ3n) is 3.76. The number of nitrogens with zero attached hydrogens (tertiary/aromatic N) is 4. The van der Waals surface area contributed by atoms with Crippen LogP contribution in [0.4, 0.5) is 0 Å². The Bertz CT molecular complexity index is 932. The molecule has 4 aromatic rings. The third-order valence-corrected chi connectivity index (χ3v) is 4.61. The van der Waals surface area contributed by atoms with E-state index < -0.39 is 0 Å². The molecule has 0 unspecified atom stereocenters. The van der Waals surface area contributed by atoms with Crippen molar-refractivity contribution in [2.45, 2.75) is 23.8 Å². The fraction of sp³-hybridized carbons (Fsp3) is 0.167. The summed E-state index contributed by atoms with van der Waals surface area (Å²) >= 11 is 1.53. The van der Waals surface area contributed by atoms with Gasteiger partial charge in [0.2, 0.25) is 5.89 Å². The summed E-state index contributed by atoms with van der Waals surface area (Å²) in [5.41, 5.74) is 3.33. The van der Waals surface area contributed by atoms with E-state index in [2.05, 4.69) is 31.7 Å². The van der Waals surface area contributed by atoms with Gasteiger partial charge < -0.3 is 8.82 Å². The van der Waals surface area contributed by atoms with Gasteiger partial charge >= 0.3 is 0 Å². The van der Waals surface area contributed by atoms with Crippen LogP contribution in [0.25, 0.3) is 5.65 Å². The molecule has 3 aromatic heterocycles. The summed E-state index contributed by atoms with van der Waals surface area (Å²) in [7, 11) is 0. The van der Waals surface area contributed by atoms with Gasteiger partial charge in [-0.3, -0.25) is 0 Å². The van der Waals surface area contributed by atoms with E-state index in [0.29, 0.717) is 11.1 Å². The smallest absolute Gasteiger partial charge is 0.276 e. The predicted octanol–water partition coefficient (Wildman–Crippen LogP) is 3.79. The summed E-state index contributed by atoms with van der Waals surface area (Å²) in [6.45, 7) is 0. The maximum Gasteiger partial charge on any atom is 0.276 e. The van der Waals surface area contributed by atoms with Crippen LogP contribution in [-0.2, 0) is 18.6 Å². The average molecular weight is 336 g/mol. The first-order valence-corrected chi connectivity index (χ1v) is 8.77. The predicted molar refractivity (Wildman–Crippen MR) is 92.9 cm³/mol. The van der Waals surface area contributed by atoms with Gasteiger partial charge in [-0.15, -0.1) is 10.2 Å². The van der Waals surface area contributed by atoms with Crippen molar-refractivity contribution < 1.29 is 4.42 Å². The first-order chi connectivity index (χ1) is 11.9. The summed E-state index contributed by atoms with van der Waals surface area (Å²) in [5, 5.41) is 8.86. The monoisotopic (exact) mass is 336 g/mol. The Hall–Kier alpha value is -2.60. The Morgan fingerprint density at radius 2 is 1.83 bits per heavy atom. The van der Waals surface area contributed by atoms with Gasteiger partial charge in [0.05, 0.1) is 11.9 Å². The number of aromatic nitrogens is 4. The molecular formula is C18H16N4OS. The molecule has 0 saturated heterocycles. The van der Waals surface area contributed by atoms with Crippen molar-refractivity contribution in [3.8, 4) is 0 Å². The molecular weight excluding hydrogens is 320 g/mol. The van der Waals surface area contributed by atoms with Crippen LogP contribution in [0.5, 0.6) is 0 Å². The molecule has 24 heavy (non-hydrogen) atoms. The van der Waals surface area contributed by atoms with Crippen LogP contribution in [0.1, 0.15) is 17.1 Å². The fourth-order valence-electron chi connectivity index (χ4n) is 2.52. The van der Waals surface area contributed by atoms with E-state index in [1.165, 1.54) is 17.3 Å². The quantitative estimate of drug-likeness (QED) is 0.501. The Kier molecular flexibility index (Phi) is 4.29. The zero-order chi connectivity index (χ0) is 16.2. The molecule has 0 aliphatic heterocycles. The van der Waals surface area contributed by atoms with Gasteiger partial charge in [0.25, 0.3) is 5.22 Å². The van der Waals surface area contributed by atoms with Gasteiger partial charge in [0.15, 0.2) is 0 Å². The van der Waals surface area contributed by atoms with E-state index in [9.17, 15) is 0 Å². The van der Waals surface area contributed by atoms with E-state index in [-0.39, 0.29) is 0 Å². The van der Waals surface area contributed by atoms with Gasteiger partial charge in [-0.25, -0.2) is 4.98 Å². The number of hydrogen-bond acceptors (Lipinski definition) is 5. The highest BCUT2D eigenvalue weighted by molar-refractivity contribution is 7.98. The Labute approximate surface area is 143 Å². The molecule has 120 valence electrons. The molecule has 0 aliphatic carbocycles. The second kappa shape index (κ2) is 6.88. The summed E-state index contributed by atoms with van der Waals surface area (Å²) in [5.74, 6) is 1.42. The number of fused-ring (bicyclic) bond motifs is 1. The molecule has 0 radical (unpaired) electrons. The lowest BCUT2D eigenvalue weighted by Crippen LogP contribution is -1.90. The molecule has 0 N–H and O–H groups in total. The van der Waals surface area contributed by atoms with Gasteiger partial charge in [-0.2, -0.15) is 0 Å². The second-order valence-corrected chi connectivity index (χ2v) is 6.34. The first-order valence-electron chi connectivity index (χ1n) is 7.78. The number of aryl methyl sites for hydroxylation is 2. The minimum Gasteiger partial charge on any atom is -0.416 e. The Balaban J connectivity index is 1.37. The molecule has 0 amide bonds. The van der Waals surface area contributed by atoms with Crippen LogP contribution in [-0.4, -0.2) is 19.6 Å². The number of benzene rings is 1. The molecule has 1 aromatic carbocycles. The number of rotatable bonds is 6. The lowest BCUT2D eigenvalue weighted by Gasteiger charge is -1.99. The highest BCUT2D eigenvalue weighted by atomic mass is 32.2. The normalized spacial score (nSPS) is 11.2. The highest BCUT2D eigenvalue weighted by Crippen LogP contribution is 2.22. The summed E-state index contributed by atoms with van der Waals surface area (Å²) in [6, 6.07) is 16.3. The van der Waals surface area contributed by atoms with E-state index in [1.807, 2.05) is 48.8 Å². The summed E-state index contributed by atoms with van der Waals surface area (Å²) in [4.78, 5) is 4.38. The van der Waals surface area contributed by atoms with E-state index in [4.69, 9.17) is 4.42 Å². The Morgan fingerprint density at radius 1 is 0.958 bits per heavy atom. The van der Waals surface area contributed by atoms with E-state index in [1.54, 1.807) is 0 Å².